The molecule has 374 valence electrons. The van der Waals surface area contributed by atoms with Gasteiger partial charge in [0.05, 0.1) is 25.4 Å². The predicted molar refractivity (Wildman–Crippen MR) is 263 cm³/mol. The van der Waals surface area contributed by atoms with Crippen molar-refractivity contribution in [2.75, 3.05) is 13.2 Å². The number of aliphatic hydroxyl groups excluding tert-OH is 5. The number of hydrogen-bond donors (Lipinski definition) is 6. The third-order valence-electron chi connectivity index (χ3n) is 13.4. The number of amides is 1. The molecule has 1 aliphatic rings. The van der Waals surface area contributed by atoms with E-state index >= 15 is 0 Å². The van der Waals surface area contributed by atoms with Crippen molar-refractivity contribution in [2.45, 2.75) is 314 Å². The van der Waals surface area contributed by atoms with E-state index in [1.165, 1.54) is 205 Å². The van der Waals surface area contributed by atoms with Crippen molar-refractivity contribution < 1.29 is 39.8 Å². The number of hydrogen-bond acceptors (Lipinski definition) is 8. The first-order valence-electron chi connectivity index (χ1n) is 27.4. The molecule has 7 atom stereocenters. The van der Waals surface area contributed by atoms with Gasteiger partial charge in [-0.25, -0.2) is 0 Å². The van der Waals surface area contributed by atoms with Gasteiger partial charge in [0.2, 0.25) is 5.91 Å². The van der Waals surface area contributed by atoms with Crippen molar-refractivity contribution in [3.05, 3.63) is 12.2 Å². The van der Waals surface area contributed by atoms with E-state index in [2.05, 4.69) is 31.3 Å². The molecule has 1 aliphatic heterocycles. The number of ether oxygens (including phenoxy) is 2. The summed E-state index contributed by atoms with van der Waals surface area (Å²) in [7, 11) is 0. The molecule has 0 aromatic rings. The van der Waals surface area contributed by atoms with Crippen molar-refractivity contribution in [3.63, 3.8) is 0 Å². The summed E-state index contributed by atoms with van der Waals surface area (Å²) in [6.07, 6.45) is 46.5. The SMILES string of the molecule is CCCCCCCCCC/C=C\CCCCCCCCCC(=O)NC(COC1OC(CO)C(O)C(O)C1O)C(O)CCCCCCCCCCCCCCCCCCCCCCC. The molecule has 1 saturated heterocycles. The topological polar surface area (TPSA) is 149 Å². The van der Waals surface area contributed by atoms with Gasteiger partial charge in [0.15, 0.2) is 6.29 Å². The quantitative estimate of drug-likeness (QED) is 0.0261. The van der Waals surface area contributed by atoms with E-state index in [9.17, 15) is 30.3 Å². The summed E-state index contributed by atoms with van der Waals surface area (Å²) < 4.78 is 11.3. The van der Waals surface area contributed by atoms with Gasteiger partial charge in [0, 0.05) is 6.42 Å². The van der Waals surface area contributed by atoms with Gasteiger partial charge in [-0.3, -0.25) is 4.79 Å². The first kappa shape index (κ1) is 59.9. The van der Waals surface area contributed by atoms with Crippen LogP contribution in [0.1, 0.15) is 271 Å². The highest BCUT2D eigenvalue weighted by molar-refractivity contribution is 5.76. The molecule has 0 bridgehead atoms. The van der Waals surface area contributed by atoms with Crippen LogP contribution < -0.4 is 5.32 Å². The van der Waals surface area contributed by atoms with Crippen LogP contribution in [-0.4, -0.2) is 87.5 Å². The molecule has 0 spiro atoms. The van der Waals surface area contributed by atoms with E-state index in [4.69, 9.17) is 9.47 Å². The van der Waals surface area contributed by atoms with E-state index in [0.717, 1.165) is 38.5 Å². The Hall–Kier alpha value is -1.07. The standard InChI is InChI=1S/C54H105NO8/c1-3-5-7-9-11-13-15-17-19-21-23-24-26-27-29-31-33-35-37-39-41-43-48(57)47(46-62-54-53(61)52(60)51(59)49(45-56)63-54)55-50(58)44-42-40-38-36-34-32-30-28-25-22-20-18-16-14-12-10-8-6-4-2/h22,25,47-49,51-54,56-57,59-61H,3-21,23-24,26-46H2,1-2H3,(H,55,58)/b25-22-. The summed E-state index contributed by atoms with van der Waals surface area (Å²) in [6.45, 7) is 3.87. The molecule has 6 N–H and O–H groups in total. The number of unbranched alkanes of at least 4 members (excludes halogenated alkanes) is 35. The highest BCUT2D eigenvalue weighted by Crippen LogP contribution is 2.23. The Kier molecular flexibility index (Phi) is 42.6. The summed E-state index contributed by atoms with van der Waals surface area (Å²) in [5.41, 5.74) is 0. The number of carbonyl (C=O) groups excluding carboxylic acids is 1. The maximum atomic E-state index is 13.0. The second-order valence-electron chi connectivity index (χ2n) is 19.4. The van der Waals surface area contributed by atoms with Crippen molar-refractivity contribution >= 4 is 5.91 Å². The molecule has 0 aliphatic carbocycles. The Morgan fingerprint density at radius 3 is 1.29 bits per heavy atom. The summed E-state index contributed by atoms with van der Waals surface area (Å²) in [5, 5.41) is 54.6. The zero-order valence-corrected chi connectivity index (χ0v) is 41.4. The molecule has 0 aromatic carbocycles. The van der Waals surface area contributed by atoms with Crippen LogP contribution in [0, 0.1) is 0 Å². The van der Waals surface area contributed by atoms with Crippen LogP contribution in [-0.2, 0) is 14.3 Å². The average Bonchev–Trinajstić information content (AvgIpc) is 3.28. The minimum absolute atomic E-state index is 0.136. The van der Waals surface area contributed by atoms with Crippen LogP contribution in [0.2, 0.25) is 0 Å². The Morgan fingerprint density at radius 1 is 0.524 bits per heavy atom. The van der Waals surface area contributed by atoms with Gasteiger partial charge in [-0.05, 0) is 38.5 Å². The second kappa shape index (κ2) is 44.7. The molecule has 1 rings (SSSR count). The summed E-state index contributed by atoms with van der Waals surface area (Å²) in [6, 6.07) is -0.718. The number of carbonyl (C=O) groups is 1. The maximum absolute atomic E-state index is 13.0. The molecule has 9 nitrogen and oxygen atoms in total. The van der Waals surface area contributed by atoms with Gasteiger partial charge in [0.1, 0.15) is 24.4 Å². The molecular formula is C54H105NO8. The molecule has 7 unspecified atom stereocenters. The maximum Gasteiger partial charge on any atom is 0.220 e. The largest absolute Gasteiger partial charge is 0.394 e. The fraction of sp³-hybridized carbons (Fsp3) is 0.944. The van der Waals surface area contributed by atoms with Crippen molar-refractivity contribution in [1.82, 2.24) is 5.32 Å². The Balaban J connectivity index is 2.24. The number of rotatable bonds is 47. The Bertz CT molecular complexity index is 997. The molecule has 0 aromatic heterocycles. The highest BCUT2D eigenvalue weighted by atomic mass is 16.7. The molecule has 1 heterocycles. The Morgan fingerprint density at radius 2 is 0.889 bits per heavy atom. The van der Waals surface area contributed by atoms with E-state index in [-0.39, 0.29) is 12.5 Å². The fourth-order valence-corrected chi connectivity index (χ4v) is 8.98. The van der Waals surface area contributed by atoms with Crippen LogP contribution in [0.4, 0.5) is 0 Å². The van der Waals surface area contributed by atoms with Gasteiger partial charge in [-0.2, -0.15) is 0 Å². The van der Waals surface area contributed by atoms with E-state index in [0.29, 0.717) is 12.8 Å². The molecule has 63 heavy (non-hydrogen) atoms. The molecular weight excluding hydrogens is 791 g/mol. The summed E-state index contributed by atoms with van der Waals surface area (Å²) in [4.78, 5) is 13.0. The third-order valence-corrected chi connectivity index (χ3v) is 13.4. The van der Waals surface area contributed by atoms with Crippen LogP contribution in [0.25, 0.3) is 0 Å². The zero-order chi connectivity index (χ0) is 45.9. The predicted octanol–water partition coefficient (Wildman–Crippen LogP) is 12.8. The zero-order valence-electron chi connectivity index (χ0n) is 41.4. The van der Waals surface area contributed by atoms with Gasteiger partial charge < -0.3 is 40.3 Å². The molecule has 0 saturated carbocycles. The molecule has 1 amide bonds. The van der Waals surface area contributed by atoms with Crippen LogP contribution in [0.3, 0.4) is 0 Å². The van der Waals surface area contributed by atoms with Gasteiger partial charge >= 0.3 is 0 Å². The summed E-state index contributed by atoms with van der Waals surface area (Å²) in [5.74, 6) is -0.144. The number of nitrogens with one attached hydrogen (secondary N) is 1. The lowest BCUT2D eigenvalue weighted by Crippen LogP contribution is -2.60. The number of allylic oxidation sites excluding steroid dienone is 2. The lowest BCUT2D eigenvalue weighted by Gasteiger charge is -2.40. The third kappa shape index (κ3) is 34.8. The van der Waals surface area contributed by atoms with Crippen molar-refractivity contribution in [1.29, 1.82) is 0 Å². The van der Waals surface area contributed by atoms with Crippen LogP contribution in [0.5, 0.6) is 0 Å². The average molecular weight is 896 g/mol. The van der Waals surface area contributed by atoms with E-state index in [1.807, 2.05) is 0 Å². The molecule has 9 heteroatoms. The first-order valence-corrected chi connectivity index (χ1v) is 27.4. The first-order chi connectivity index (χ1) is 30.8. The molecule has 1 fully saturated rings. The highest BCUT2D eigenvalue weighted by Gasteiger charge is 2.44. The monoisotopic (exact) mass is 896 g/mol. The van der Waals surface area contributed by atoms with Gasteiger partial charge in [-0.1, -0.05) is 238 Å². The fourth-order valence-electron chi connectivity index (χ4n) is 8.98. The smallest absolute Gasteiger partial charge is 0.220 e. The van der Waals surface area contributed by atoms with Crippen molar-refractivity contribution in [2.24, 2.45) is 0 Å². The van der Waals surface area contributed by atoms with E-state index < -0.39 is 49.5 Å². The van der Waals surface area contributed by atoms with Gasteiger partial charge in [-0.15, -0.1) is 0 Å². The summed E-state index contributed by atoms with van der Waals surface area (Å²) >= 11 is 0. The lowest BCUT2D eigenvalue weighted by molar-refractivity contribution is -0.302. The van der Waals surface area contributed by atoms with Crippen molar-refractivity contribution in [3.8, 4) is 0 Å². The van der Waals surface area contributed by atoms with E-state index in [1.54, 1.807) is 0 Å². The lowest BCUT2D eigenvalue weighted by atomic mass is 9.99. The second-order valence-corrected chi connectivity index (χ2v) is 19.4. The normalized spacial score (nSPS) is 20.1. The Labute approximate surface area is 388 Å². The molecule has 0 radical (unpaired) electrons. The minimum atomic E-state index is -1.55. The number of aliphatic hydroxyl groups is 5. The van der Waals surface area contributed by atoms with Crippen LogP contribution >= 0.6 is 0 Å². The van der Waals surface area contributed by atoms with Crippen LogP contribution in [0.15, 0.2) is 12.2 Å². The minimum Gasteiger partial charge on any atom is -0.394 e. The van der Waals surface area contributed by atoms with Gasteiger partial charge in [0.25, 0.3) is 0 Å².